The summed E-state index contributed by atoms with van der Waals surface area (Å²) in [5, 5.41) is 11.0. The maximum atomic E-state index is 12.8. The molecular formula is C11H12ClFN2O3. The predicted molar refractivity (Wildman–Crippen MR) is 65.3 cm³/mol. The number of aliphatic carboxylic acids is 1. The molecule has 0 saturated heterocycles. The molecule has 0 heterocycles. The van der Waals surface area contributed by atoms with E-state index >= 15 is 0 Å². The minimum absolute atomic E-state index is 0.0694. The molecule has 18 heavy (non-hydrogen) atoms. The van der Waals surface area contributed by atoms with Crippen molar-refractivity contribution >= 4 is 29.3 Å². The number of carbonyl (C=O) groups excluding carboxylic acids is 1. The lowest BCUT2D eigenvalue weighted by molar-refractivity contribution is -0.137. The van der Waals surface area contributed by atoms with Gasteiger partial charge in [-0.05, 0) is 18.2 Å². The van der Waals surface area contributed by atoms with Gasteiger partial charge in [-0.1, -0.05) is 11.6 Å². The molecule has 98 valence electrons. The van der Waals surface area contributed by atoms with Crippen LogP contribution >= 0.6 is 11.6 Å². The van der Waals surface area contributed by atoms with Crippen LogP contribution in [0.3, 0.4) is 0 Å². The molecule has 2 N–H and O–H groups in total. The van der Waals surface area contributed by atoms with Gasteiger partial charge in [0.25, 0.3) is 0 Å². The summed E-state index contributed by atoms with van der Waals surface area (Å²) in [6.45, 7) is 0.0694. The summed E-state index contributed by atoms with van der Waals surface area (Å²) < 4.78 is 12.8. The third-order valence-corrected chi connectivity index (χ3v) is 2.49. The van der Waals surface area contributed by atoms with Crippen molar-refractivity contribution in [3.8, 4) is 0 Å². The molecule has 0 aliphatic rings. The summed E-state index contributed by atoms with van der Waals surface area (Å²) in [5.41, 5.74) is 0.269. The molecule has 0 saturated carbocycles. The maximum Gasteiger partial charge on any atom is 0.321 e. The predicted octanol–water partition coefficient (Wildman–Crippen LogP) is 2.42. The molecule has 0 aromatic heterocycles. The van der Waals surface area contributed by atoms with E-state index in [4.69, 9.17) is 16.7 Å². The van der Waals surface area contributed by atoms with Crippen LogP contribution in [0.2, 0.25) is 5.02 Å². The monoisotopic (exact) mass is 274 g/mol. The van der Waals surface area contributed by atoms with Crippen molar-refractivity contribution in [2.24, 2.45) is 0 Å². The first-order chi connectivity index (χ1) is 8.40. The third-order valence-electron chi connectivity index (χ3n) is 2.18. The Bertz CT molecular complexity index is 468. The van der Waals surface area contributed by atoms with Gasteiger partial charge < -0.3 is 15.3 Å². The number of carbonyl (C=O) groups is 2. The van der Waals surface area contributed by atoms with E-state index in [1.165, 1.54) is 24.1 Å². The fourth-order valence-electron chi connectivity index (χ4n) is 1.17. The van der Waals surface area contributed by atoms with E-state index in [-0.39, 0.29) is 23.7 Å². The fraction of sp³-hybridized carbons (Fsp3) is 0.273. The van der Waals surface area contributed by atoms with Crippen molar-refractivity contribution in [1.82, 2.24) is 4.90 Å². The van der Waals surface area contributed by atoms with Crippen LogP contribution in [0.25, 0.3) is 0 Å². The number of carboxylic acids is 1. The van der Waals surface area contributed by atoms with Crippen molar-refractivity contribution in [3.63, 3.8) is 0 Å². The smallest absolute Gasteiger partial charge is 0.321 e. The van der Waals surface area contributed by atoms with Crippen LogP contribution < -0.4 is 5.32 Å². The summed E-state index contributed by atoms with van der Waals surface area (Å²) >= 11 is 5.74. The minimum atomic E-state index is -0.991. The third kappa shape index (κ3) is 4.21. The van der Waals surface area contributed by atoms with Crippen LogP contribution in [-0.4, -0.2) is 35.6 Å². The van der Waals surface area contributed by atoms with Gasteiger partial charge in [-0.25, -0.2) is 9.18 Å². The van der Waals surface area contributed by atoms with E-state index < -0.39 is 17.8 Å². The number of hydrogen-bond acceptors (Lipinski definition) is 2. The lowest BCUT2D eigenvalue weighted by atomic mass is 10.3. The lowest BCUT2D eigenvalue weighted by Crippen LogP contribution is -2.33. The van der Waals surface area contributed by atoms with Crippen LogP contribution in [0.1, 0.15) is 6.42 Å². The van der Waals surface area contributed by atoms with Gasteiger partial charge in [0, 0.05) is 13.6 Å². The summed E-state index contributed by atoms with van der Waals surface area (Å²) in [4.78, 5) is 23.2. The highest BCUT2D eigenvalue weighted by Gasteiger charge is 2.12. The van der Waals surface area contributed by atoms with Crippen molar-refractivity contribution in [1.29, 1.82) is 0 Å². The number of nitrogens with zero attached hydrogens (tertiary/aromatic N) is 1. The number of anilines is 1. The molecule has 0 aliphatic carbocycles. The normalized spacial score (nSPS) is 9.94. The summed E-state index contributed by atoms with van der Waals surface area (Å²) in [6.07, 6.45) is -0.152. The van der Waals surface area contributed by atoms with E-state index in [1.807, 2.05) is 0 Å². The Kier molecular flexibility index (Phi) is 4.91. The zero-order valence-electron chi connectivity index (χ0n) is 9.61. The number of carboxylic acid groups (broad SMARTS) is 1. The Labute approximate surface area is 108 Å². The molecule has 0 fully saturated rings. The van der Waals surface area contributed by atoms with Crippen LogP contribution in [0.15, 0.2) is 18.2 Å². The SMILES string of the molecule is CN(CCC(=O)O)C(=O)Nc1ccc(F)cc1Cl. The molecule has 5 nitrogen and oxygen atoms in total. The van der Waals surface area contributed by atoms with Gasteiger partial charge in [0.05, 0.1) is 17.1 Å². The Morgan fingerprint density at radius 1 is 1.50 bits per heavy atom. The molecule has 0 spiro atoms. The molecule has 0 aliphatic heterocycles. The number of rotatable bonds is 4. The van der Waals surface area contributed by atoms with Crippen LogP contribution in [0, 0.1) is 5.82 Å². The summed E-state index contributed by atoms with van der Waals surface area (Å²) in [6, 6.07) is 3.07. The zero-order valence-corrected chi connectivity index (χ0v) is 10.4. The van der Waals surface area contributed by atoms with Gasteiger partial charge in [0.15, 0.2) is 0 Å². The van der Waals surface area contributed by atoms with Crippen LogP contribution in [0.5, 0.6) is 0 Å². The number of benzene rings is 1. The number of nitrogens with one attached hydrogen (secondary N) is 1. The van der Waals surface area contributed by atoms with Gasteiger partial charge >= 0.3 is 12.0 Å². The Morgan fingerprint density at radius 2 is 2.17 bits per heavy atom. The Morgan fingerprint density at radius 3 is 2.72 bits per heavy atom. The number of hydrogen-bond donors (Lipinski definition) is 2. The van der Waals surface area contributed by atoms with Gasteiger partial charge in [-0.3, -0.25) is 4.79 Å². The van der Waals surface area contributed by atoms with Crippen LogP contribution in [0.4, 0.5) is 14.9 Å². The highest BCUT2D eigenvalue weighted by molar-refractivity contribution is 6.33. The van der Waals surface area contributed by atoms with Crippen LogP contribution in [-0.2, 0) is 4.79 Å². The molecule has 1 rings (SSSR count). The van der Waals surface area contributed by atoms with Gasteiger partial charge in [-0.15, -0.1) is 0 Å². The molecule has 7 heteroatoms. The molecular weight excluding hydrogens is 263 g/mol. The van der Waals surface area contributed by atoms with Gasteiger partial charge in [-0.2, -0.15) is 0 Å². The van der Waals surface area contributed by atoms with Gasteiger partial charge in [0.1, 0.15) is 5.82 Å². The second-order valence-corrected chi connectivity index (χ2v) is 4.03. The second kappa shape index (κ2) is 6.20. The van der Waals surface area contributed by atoms with E-state index in [9.17, 15) is 14.0 Å². The van der Waals surface area contributed by atoms with E-state index in [0.717, 1.165) is 6.07 Å². The number of amides is 2. The molecule has 0 unspecified atom stereocenters. The number of urea groups is 1. The quantitative estimate of drug-likeness (QED) is 0.886. The first-order valence-corrected chi connectivity index (χ1v) is 5.47. The average molecular weight is 275 g/mol. The van der Waals surface area contributed by atoms with Crippen molar-refractivity contribution in [2.75, 3.05) is 18.9 Å². The highest BCUT2D eigenvalue weighted by Crippen LogP contribution is 2.22. The molecule has 0 atom stereocenters. The molecule has 0 radical (unpaired) electrons. The Hall–Kier alpha value is -1.82. The summed E-state index contributed by atoms with van der Waals surface area (Å²) in [5.74, 6) is -1.49. The van der Waals surface area contributed by atoms with E-state index in [0.29, 0.717) is 0 Å². The molecule has 2 amide bonds. The minimum Gasteiger partial charge on any atom is -0.481 e. The van der Waals surface area contributed by atoms with E-state index in [1.54, 1.807) is 0 Å². The van der Waals surface area contributed by atoms with Crippen molar-refractivity contribution in [3.05, 3.63) is 29.0 Å². The first kappa shape index (κ1) is 14.2. The highest BCUT2D eigenvalue weighted by atomic mass is 35.5. The lowest BCUT2D eigenvalue weighted by Gasteiger charge is -2.17. The zero-order chi connectivity index (χ0) is 13.7. The maximum absolute atomic E-state index is 12.8. The Balaban J connectivity index is 2.61. The van der Waals surface area contributed by atoms with Crippen molar-refractivity contribution in [2.45, 2.75) is 6.42 Å². The van der Waals surface area contributed by atoms with Crippen molar-refractivity contribution < 1.29 is 19.1 Å². The first-order valence-electron chi connectivity index (χ1n) is 5.09. The average Bonchev–Trinajstić information content (AvgIpc) is 2.29. The largest absolute Gasteiger partial charge is 0.481 e. The fourth-order valence-corrected chi connectivity index (χ4v) is 1.38. The standard InChI is InChI=1S/C11H12ClFN2O3/c1-15(5-4-10(16)17)11(18)14-9-3-2-7(13)6-8(9)12/h2-3,6H,4-5H2,1H3,(H,14,18)(H,16,17). The van der Waals surface area contributed by atoms with E-state index in [2.05, 4.69) is 5.32 Å². The second-order valence-electron chi connectivity index (χ2n) is 3.62. The molecule has 1 aromatic rings. The topological polar surface area (TPSA) is 69.6 Å². The number of halogens is 2. The molecule has 0 bridgehead atoms. The summed E-state index contributed by atoms with van der Waals surface area (Å²) in [7, 11) is 1.45. The molecule has 1 aromatic carbocycles. The van der Waals surface area contributed by atoms with Gasteiger partial charge in [0.2, 0.25) is 0 Å².